The lowest BCUT2D eigenvalue weighted by atomic mass is 10.00. The van der Waals surface area contributed by atoms with Crippen molar-refractivity contribution in [1.29, 1.82) is 0 Å². The molecule has 0 aliphatic carbocycles. The number of hydrogen-bond donors (Lipinski definition) is 0. The van der Waals surface area contributed by atoms with Gasteiger partial charge in [-0.3, -0.25) is 4.79 Å². The molecule has 84 valence electrons. The van der Waals surface area contributed by atoms with Crippen molar-refractivity contribution in [2.24, 2.45) is 0 Å². The van der Waals surface area contributed by atoms with E-state index in [-0.39, 0.29) is 5.78 Å². The first-order chi connectivity index (χ1) is 7.59. The molecule has 1 fully saturated rings. The molecule has 1 heterocycles. The Balaban J connectivity index is 2.13. The van der Waals surface area contributed by atoms with Crippen LogP contribution in [0.2, 0.25) is 0 Å². The number of Topliss-reactive ketones (excluding diaryl/α,β-unsaturated/α-hetero) is 1. The second-order valence-corrected chi connectivity index (χ2v) is 3.83. The van der Waals surface area contributed by atoms with Crippen molar-refractivity contribution in [3.05, 3.63) is 35.9 Å². The van der Waals surface area contributed by atoms with Crippen LogP contribution in [0, 0.1) is 0 Å². The molecule has 1 aromatic carbocycles. The van der Waals surface area contributed by atoms with Gasteiger partial charge < -0.3 is 9.47 Å². The van der Waals surface area contributed by atoms with Crippen LogP contribution in [0.25, 0.3) is 0 Å². The van der Waals surface area contributed by atoms with Crippen molar-refractivity contribution in [1.82, 2.24) is 0 Å². The van der Waals surface area contributed by atoms with Crippen LogP contribution in [0.1, 0.15) is 17.3 Å². The molecule has 1 saturated heterocycles. The Kier molecular flexibility index (Phi) is 2.52. The normalized spacial score (nSPS) is 27.2. The van der Waals surface area contributed by atoms with Crippen LogP contribution in [-0.2, 0) is 14.3 Å². The Morgan fingerprint density at radius 1 is 1.31 bits per heavy atom. The van der Waals surface area contributed by atoms with Crippen LogP contribution in [-0.4, -0.2) is 30.6 Å². The highest BCUT2D eigenvalue weighted by atomic mass is 16.7. The number of benzene rings is 1. The molecule has 0 N–H and O–H groups in total. The second-order valence-electron chi connectivity index (χ2n) is 3.83. The van der Waals surface area contributed by atoms with E-state index in [0.29, 0.717) is 5.56 Å². The minimum absolute atomic E-state index is 0.187. The van der Waals surface area contributed by atoms with Crippen LogP contribution in [0.4, 0.5) is 0 Å². The van der Waals surface area contributed by atoms with Crippen LogP contribution < -0.4 is 0 Å². The number of hydrogen-bond acceptors (Lipinski definition) is 4. The maximum Gasteiger partial charge on any atom is 0.341 e. The fourth-order valence-electron chi connectivity index (χ4n) is 1.63. The van der Waals surface area contributed by atoms with Gasteiger partial charge in [0.2, 0.25) is 0 Å². The molecule has 0 spiro atoms. The first-order valence-electron chi connectivity index (χ1n) is 4.95. The molecule has 0 amide bonds. The van der Waals surface area contributed by atoms with E-state index in [9.17, 15) is 9.59 Å². The zero-order valence-corrected chi connectivity index (χ0v) is 9.10. The van der Waals surface area contributed by atoms with E-state index in [1.165, 1.54) is 7.11 Å². The minimum Gasteiger partial charge on any atom is -0.467 e. The van der Waals surface area contributed by atoms with Gasteiger partial charge in [0.05, 0.1) is 7.11 Å². The highest BCUT2D eigenvalue weighted by Crippen LogP contribution is 2.39. The first kappa shape index (κ1) is 10.8. The average Bonchev–Trinajstić information content (AvgIpc) is 3.02. The molecule has 0 unspecified atom stereocenters. The van der Waals surface area contributed by atoms with Gasteiger partial charge in [-0.25, -0.2) is 4.79 Å². The summed E-state index contributed by atoms with van der Waals surface area (Å²) < 4.78 is 9.73. The number of epoxide rings is 1. The Morgan fingerprint density at radius 2 is 1.94 bits per heavy atom. The molecular formula is C12H12O4. The monoisotopic (exact) mass is 220 g/mol. The summed E-state index contributed by atoms with van der Waals surface area (Å²) in [5.74, 6) is -0.699. The summed E-state index contributed by atoms with van der Waals surface area (Å²) in [7, 11) is 1.28. The summed E-state index contributed by atoms with van der Waals surface area (Å²) in [6.07, 6.45) is -0.720. The lowest BCUT2D eigenvalue weighted by Gasteiger charge is -2.02. The molecule has 0 bridgehead atoms. The summed E-state index contributed by atoms with van der Waals surface area (Å²) in [6, 6.07) is 8.75. The van der Waals surface area contributed by atoms with Crippen molar-refractivity contribution in [3.63, 3.8) is 0 Å². The van der Waals surface area contributed by atoms with Gasteiger partial charge >= 0.3 is 5.97 Å². The van der Waals surface area contributed by atoms with Crippen molar-refractivity contribution in [2.45, 2.75) is 18.6 Å². The lowest BCUT2D eigenvalue weighted by molar-refractivity contribution is -0.146. The smallest absolute Gasteiger partial charge is 0.341 e. The zero-order valence-electron chi connectivity index (χ0n) is 9.10. The SMILES string of the molecule is COC(=O)[C@@]1(C)O[C@H]1C(=O)c1ccccc1. The summed E-state index contributed by atoms with van der Waals surface area (Å²) in [5.41, 5.74) is -0.568. The number of rotatable bonds is 3. The van der Waals surface area contributed by atoms with Gasteiger partial charge in [-0.15, -0.1) is 0 Å². The summed E-state index contributed by atoms with van der Waals surface area (Å²) in [5, 5.41) is 0. The molecule has 1 aromatic rings. The summed E-state index contributed by atoms with van der Waals surface area (Å²) >= 11 is 0. The lowest BCUT2D eigenvalue weighted by Crippen LogP contribution is -2.28. The van der Waals surface area contributed by atoms with Gasteiger partial charge in [0.15, 0.2) is 17.5 Å². The van der Waals surface area contributed by atoms with E-state index in [0.717, 1.165) is 0 Å². The van der Waals surface area contributed by atoms with Gasteiger partial charge in [-0.05, 0) is 6.92 Å². The van der Waals surface area contributed by atoms with E-state index >= 15 is 0 Å². The molecule has 1 aliphatic rings. The number of carbonyl (C=O) groups excluding carboxylic acids is 2. The third kappa shape index (κ3) is 1.61. The zero-order chi connectivity index (χ0) is 11.8. The minimum atomic E-state index is -1.11. The van der Waals surface area contributed by atoms with Gasteiger partial charge in [0, 0.05) is 5.56 Å². The van der Waals surface area contributed by atoms with Crippen LogP contribution in [0.3, 0.4) is 0 Å². The summed E-state index contributed by atoms with van der Waals surface area (Å²) in [4.78, 5) is 23.3. The number of ether oxygens (including phenoxy) is 2. The molecule has 2 atom stereocenters. The number of ketones is 1. The van der Waals surface area contributed by atoms with Crippen LogP contribution in [0.5, 0.6) is 0 Å². The predicted molar refractivity (Wildman–Crippen MR) is 56.1 cm³/mol. The van der Waals surface area contributed by atoms with Crippen molar-refractivity contribution in [2.75, 3.05) is 7.11 Å². The second kappa shape index (κ2) is 3.72. The van der Waals surface area contributed by atoms with E-state index in [2.05, 4.69) is 4.74 Å². The average molecular weight is 220 g/mol. The summed E-state index contributed by atoms with van der Waals surface area (Å²) in [6.45, 7) is 1.56. The topological polar surface area (TPSA) is 55.9 Å². The van der Waals surface area contributed by atoms with Gasteiger partial charge in [0.25, 0.3) is 0 Å². The fourth-order valence-corrected chi connectivity index (χ4v) is 1.63. The van der Waals surface area contributed by atoms with Gasteiger partial charge in [-0.2, -0.15) is 0 Å². The molecule has 0 aromatic heterocycles. The highest BCUT2D eigenvalue weighted by molar-refractivity contribution is 6.06. The van der Waals surface area contributed by atoms with E-state index in [1.807, 2.05) is 6.07 Å². The van der Waals surface area contributed by atoms with Crippen molar-refractivity contribution >= 4 is 11.8 Å². The molecule has 1 aliphatic heterocycles. The quantitative estimate of drug-likeness (QED) is 0.436. The van der Waals surface area contributed by atoms with Crippen molar-refractivity contribution < 1.29 is 19.1 Å². The fraction of sp³-hybridized carbons (Fsp3) is 0.333. The Hall–Kier alpha value is -1.68. The number of esters is 1. The van der Waals surface area contributed by atoms with E-state index < -0.39 is 17.7 Å². The maximum atomic E-state index is 11.9. The third-order valence-electron chi connectivity index (χ3n) is 2.69. The molecule has 2 rings (SSSR count). The molecule has 16 heavy (non-hydrogen) atoms. The van der Waals surface area contributed by atoms with Crippen LogP contribution in [0.15, 0.2) is 30.3 Å². The number of methoxy groups -OCH3 is 1. The Labute approximate surface area is 93.2 Å². The number of carbonyl (C=O) groups is 2. The third-order valence-corrected chi connectivity index (χ3v) is 2.69. The molecular weight excluding hydrogens is 208 g/mol. The maximum absolute atomic E-state index is 11.9. The van der Waals surface area contributed by atoms with Gasteiger partial charge in [0.1, 0.15) is 0 Å². The van der Waals surface area contributed by atoms with Crippen molar-refractivity contribution in [3.8, 4) is 0 Å². The molecule has 4 heteroatoms. The highest BCUT2D eigenvalue weighted by Gasteiger charge is 2.63. The van der Waals surface area contributed by atoms with E-state index in [4.69, 9.17) is 4.74 Å². The Bertz CT molecular complexity index is 426. The standard InChI is InChI=1S/C12H12O4/c1-12(11(14)15-2)10(16-12)9(13)8-6-4-3-5-7-8/h3-7,10H,1-2H3/t10-,12-/m0/s1. The Morgan fingerprint density at radius 3 is 2.50 bits per heavy atom. The molecule has 0 radical (unpaired) electrons. The largest absolute Gasteiger partial charge is 0.467 e. The molecule has 4 nitrogen and oxygen atoms in total. The first-order valence-corrected chi connectivity index (χ1v) is 4.95. The predicted octanol–water partition coefficient (Wildman–Crippen LogP) is 1.20. The van der Waals surface area contributed by atoms with Crippen LogP contribution >= 0.6 is 0 Å². The molecule has 0 saturated carbocycles. The van der Waals surface area contributed by atoms with Gasteiger partial charge in [-0.1, -0.05) is 30.3 Å². The van der Waals surface area contributed by atoms with E-state index in [1.54, 1.807) is 31.2 Å².